The molecular formula is C16H39P2+. The summed E-state index contributed by atoms with van der Waals surface area (Å²) in [5.74, 6) is 0. The summed E-state index contributed by atoms with van der Waals surface area (Å²) in [6.07, 6.45) is 17.9. The highest BCUT2D eigenvalue weighted by molar-refractivity contribution is 7.75. The molecule has 1 atom stereocenters. The average Bonchev–Trinajstić information content (AvgIpc) is 2.37. The lowest BCUT2D eigenvalue weighted by molar-refractivity contribution is 0.814. The van der Waals surface area contributed by atoms with Gasteiger partial charge in [0.15, 0.2) is 0 Å². The van der Waals surface area contributed by atoms with E-state index in [-0.39, 0.29) is 9.90 Å². The van der Waals surface area contributed by atoms with Gasteiger partial charge in [-0.15, -0.1) is 0 Å². The summed E-state index contributed by atoms with van der Waals surface area (Å²) in [6, 6.07) is 0. The van der Waals surface area contributed by atoms with E-state index in [9.17, 15) is 0 Å². The molecule has 18 heavy (non-hydrogen) atoms. The maximum absolute atomic E-state index is 2.36. The van der Waals surface area contributed by atoms with Gasteiger partial charge in [-0.3, -0.25) is 0 Å². The van der Waals surface area contributed by atoms with Crippen LogP contribution in [0.2, 0.25) is 0 Å². The smallest absolute Gasteiger partial charge is 0.0594 e. The van der Waals surface area contributed by atoms with Crippen molar-refractivity contribution in [3.63, 3.8) is 0 Å². The molecule has 0 amide bonds. The molecule has 0 N–H and O–H groups in total. The van der Waals surface area contributed by atoms with E-state index in [1.165, 1.54) is 51.4 Å². The van der Waals surface area contributed by atoms with Crippen LogP contribution in [0.25, 0.3) is 0 Å². The molecule has 0 radical (unpaired) electrons. The molecule has 0 aromatic heterocycles. The highest BCUT2D eigenvalue weighted by atomic mass is 31.2. The Morgan fingerprint density at radius 2 is 0.722 bits per heavy atom. The van der Waals surface area contributed by atoms with Gasteiger partial charge in [0, 0.05) is 7.26 Å². The molecule has 0 saturated carbocycles. The predicted octanol–water partition coefficient (Wildman–Crippen LogP) is 6.26. The maximum Gasteiger partial charge on any atom is 0.0594 e. The number of rotatable bonds is 12. The van der Waals surface area contributed by atoms with Crippen LogP contribution < -0.4 is 0 Å². The van der Waals surface area contributed by atoms with Crippen molar-refractivity contribution in [2.75, 3.05) is 24.6 Å². The summed E-state index contributed by atoms with van der Waals surface area (Å²) < 4.78 is 0. The molecule has 0 nitrogen and oxygen atoms in total. The van der Waals surface area contributed by atoms with E-state index >= 15 is 0 Å². The second-order valence-electron chi connectivity index (χ2n) is 5.65. The third kappa shape index (κ3) is 9.75. The van der Waals surface area contributed by atoms with Crippen LogP contribution in [0.3, 0.4) is 0 Å². The first-order valence-corrected chi connectivity index (χ1v) is 10.6. The van der Waals surface area contributed by atoms with Crippen LogP contribution in [0, 0.1) is 0 Å². The van der Waals surface area contributed by atoms with Gasteiger partial charge in [0.25, 0.3) is 0 Å². The van der Waals surface area contributed by atoms with Crippen LogP contribution in [0.5, 0.6) is 0 Å². The van der Waals surface area contributed by atoms with Crippen LogP contribution in [-0.2, 0) is 0 Å². The van der Waals surface area contributed by atoms with E-state index in [1.54, 1.807) is 24.6 Å². The zero-order valence-corrected chi connectivity index (χ0v) is 15.9. The van der Waals surface area contributed by atoms with Crippen molar-refractivity contribution in [2.24, 2.45) is 0 Å². The molecule has 0 heterocycles. The topological polar surface area (TPSA) is 0 Å². The van der Waals surface area contributed by atoms with Gasteiger partial charge < -0.3 is 0 Å². The third-order valence-electron chi connectivity index (χ3n) is 3.94. The molecule has 0 fully saturated rings. The summed E-state index contributed by atoms with van der Waals surface area (Å²) in [5, 5.41) is 0. The summed E-state index contributed by atoms with van der Waals surface area (Å²) >= 11 is 0. The van der Waals surface area contributed by atoms with Gasteiger partial charge in [-0.2, -0.15) is 9.90 Å². The standard InChI is InChI=1S/C16H36P.H3P/c1-5-9-13-17(14-10-6-2,15-11-7-3)16-12-8-4;/h5-16H2,1-4H3;1H3/q+1;. The minimum Gasteiger partial charge on any atom is -0.153 e. The van der Waals surface area contributed by atoms with Crippen LogP contribution in [0.15, 0.2) is 0 Å². The largest absolute Gasteiger partial charge is 0.153 e. The Kier molecular flexibility index (Phi) is 16.8. The SMILES string of the molecule is CCCC[P+](CCCC)(CCCC)CCCC.P. The van der Waals surface area contributed by atoms with Gasteiger partial charge in [0.05, 0.1) is 24.6 Å². The second-order valence-corrected chi connectivity index (χ2v) is 10.1. The maximum atomic E-state index is 2.36. The molecule has 2 heteroatoms. The quantitative estimate of drug-likeness (QED) is 0.372. The van der Waals surface area contributed by atoms with Crippen LogP contribution in [0.1, 0.15) is 79.1 Å². The minimum atomic E-state index is -0.562. The highest BCUT2D eigenvalue weighted by Gasteiger charge is 2.34. The van der Waals surface area contributed by atoms with E-state index in [0.717, 1.165) is 0 Å². The molecule has 0 rings (SSSR count). The minimum absolute atomic E-state index is 0. The Labute approximate surface area is 121 Å². The monoisotopic (exact) mass is 293 g/mol. The van der Waals surface area contributed by atoms with Crippen LogP contribution in [-0.4, -0.2) is 24.6 Å². The predicted molar refractivity (Wildman–Crippen MR) is 97.1 cm³/mol. The van der Waals surface area contributed by atoms with Crippen molar-refractivity contribution in [3.8, 4) is 0 Å². The van der Waals surface area contributed by atoms with Crippen molar-refractivity contribution < 1.29 is 0 Å². The lowest BCUT2D eigenvalue weighted by Gasteiger charge is -2.28. The number of hydrogen-bond acceptors (Lipinski definition) is 0. The Bertz CT molecular complexity index is 120. The van der Waals surface area contributed by atoms with E-state index in [4.69, 9.17) is 0 Å². The summed E-state index contributed by atoms with van der Waals surface area (Å²) in [4.78, 5) is 0. The summed E-state index contributed by atoms with van der Waals surface area (Å²) in [7, 11) is -0.562. The fraction of sp³-hybridized carbons (Fsp3) is 1.00. The van der Waals surface area contributed by atoms with Crippen molar-refractivity contribution in [3.05, 3.63) is 0 Å². The van der Waals surface area contributed by atoms with E-state index in [2.05, 4.69) is 27.7 Å². The Morgan fingerprint density at radius 3 is 0.889 bits per heavy atom. The molecular weight excluding hydrogens is 254 g/mol. The van der Waals surface area contributed by atoms with Gasteiger partial charge in [0.1, 0.15) is 0 Å². The molecule has 0 aliphatic carbocycles. The molecule has 0 aromatic carbocycles. The first-order chi connectivity index (χ1) is 8.24. The lowest BCUT2D eigenvalue weighted by Crippen LogP contribution is -2.12. The Balaban J connectivity index is 0. The molecule has 0 spiro atoms. The number of unbranched alkanes of at least 4 members (excludes halogenated alkanes) is 4. The Morgan fingerprint density at radius 1 is 0.500 bits per heavy atom. The molecule has 0 bridgehead atoms. The molecule has 112 valence electrons. The van der Waals surface area contributed by atoms with Gasteiger partial charge in [-0.05, 0) is 25.7 Å². The Hall–Kier alpha value is 0.860. The van der Waals surface area contributed by atoms with E-state index in [1.807, 2.05) is 0 Å². The summed E-state index contributed by atoms with van der Waals surface area (Å²) in [5.41, 5.74) is 0. The van der Waals surface area contributed by atoms with Crippen LogP contribution in [0.4, 0.5) is 0 Å². The second kappa shape index (κ2) is 14.3. The van der Waals surface area contributed by atoms with Gasteiger partial charge in [0.2, 0.25) is 0 Å². The zero-order valence-electron chi connectivity index (χ0n) is 13.6. The average molecular weight is 293 g/mol. The first kappa shape index (κ1) is 21.2. The van der Waals surface area contributed by atoms with Gasteiger partial charge >= 0.3 is 0 Å². The lowest BCUT2D eigenvalue weighted by atomic mass is 10.4. The number of hydrogen-bond donors (Lipinski definition) is 0. The van der Waals surface area contributed by atoms with E-state index < -0.39 is 7.26 Å². The fourth-order valence-corrected chi connectivity index (χ4v) is 7.93. The van der Waals surface area contributed by atoms with Crippen molar-refractivity contribution in [2.45, 2.75) is 79.1 Å². The fourth-order valence-electron chi connectivity index (χ4n) is 2.64. The first-order valence-electron chi connectivity index (χ1n) is 8.09. The molecule has 0 aromatic rings. The van der Waals surface area contributed by atoms with Crippen LogP contribution >= 0.6 is 17.2 Å². The van der Waals surface area contributed by atoms with E-state index in [0.29, 0.717) is 0 Å². The molecule has 0 saturated heterocycles. The van der Waals surface area contributed by atoms with Crippen molar-refractivity contribution >= 4 is 17.2 Å². The zero-order chi connectivity index (χ0) is 13.0. The molecule has 0 aliphatic rings. The van der Waals surface area contributed by atoms with Crippen molar-refractivity contribution in [1.29, 1.82) is 0 Å². The van der Waals surface area contributed by atoms with Crippen molar-refractivity contribution in [1.82, 2.24) is 0 Å². The van der Waals surface area contributed by atoms with Gasteiger partial charge in [-0.25, -0.2) is 0 Å². The third-order valence-corrected chi connectivity index (χ3v) is 9.00. The summed E-state index contributed by atoms with van der Waals surface area (Å²) in [6.45, 7) is 9.42. The highest BCUT2D eigenvalue weighted by Crippen LogP contribution is 2.61. The van der Waals surface area contributed by atoms with Gasteiger partial charge in [-0.1, -0.05) is 53.4 Å². The normalized spacial score (nSPS) is 11.3. The molecule has 1 unspecified atom stereocenters. The molecule has 0 aliphatic heterocycles.